The normalized spacial score (nSPS) is 20.6. The van der Waals surface area contributed by atoms with Crippen molar-refractivity contribution in [3.63, 3.8) is 0 Å². The van der Waals surface area contributed by atoms with Crippen LogP contribution in [0.1, 0.15) is 5.69 Å². The Hall–Kier alpha value is -1.34. The average Bonchev–Trinajstić information content (AvgIpc) is 2.39. The van der Waals surface area contributed by atoms with Crippen LogP contribution in [0.3, 0.4) is 0 Å². The van der Waals surface area contributed by atoms with E-state index in [0.717, 1.165) is 6.07 Å². The van der Waals surface area contributed by atoms with Gasteiger partial charge < -0.3 is 15.0 Å². The van der Waals surface area contributed by atoms with E-state index < -0.39 is 11.9 Å². The minimum absolute atomic E-state index is 0.00488. The van der Waals surface area contributed by atoms with Crippen LogP contribution < -0.4 is 10.2 Å². The lowest BCUT2D eigenvalue weighted by Crippen LogP contribution is -2.50. The summed E-state index contributed by atoms with van der Waals surface area (Å²) in [7, 11) is 1.80. The number of hydrogen-bond donors (Lipinski definition) is 1. The fourth-order valence-corrected chi connectivity index (χ4v) is 2.10. The molecule has 106 valence electrons. The van der Waals surface area contributed by atoms with Crippen molar-refractivity contribution < 1.29 is 17.9 Å². The number of halogens is 3. The molecule has 4 nitrogen and oxygen atoms in total. The highest BCUT2D eigenvalue weighted by atomic mass is 19.4. The van der Waals surface area contributed by atoms with Gasteiger partial charge in [-0.2, -0.15) is 13.2 Å². The summed E-state index contributed by atoms with van der Waals surface area (Å²) < 4.78 is 43.3. The summed E-state index contributed by atoms with van der Waals surface area (Å²) in [5, 5.41) is 3.01. The molecule has 19 heavy (non-hydrogen) atoms. The standard InChI is InChI=1S/C12H16F3N3O/c1-16-7-9-8-19-6-5-18(9)11-4-2-3-10(17-11)12(13,14)15/h2-4,9,16H,5-8H2,1H3. The molecular weight excluding hydrogens is 259 g/mol. The van der Waals surface area contributed by atoms with Crippen LogP contribution in [0.4, 0.5) is 19.0 Å². The highest BCUT2D eigenvalue weighted by molar-refractivity contribution is 5.41. The van der Waals surface area contributed by atoms with Gasteiger partial charge in [0.25, 0.3) is 0 Å². The van der Waals surface area contributed by atoms with E-state index in [1.54, 1.807) is 13.1 Å². The quantitative estimate of drug-likeness (QED) is 0.907. The van der Waals surface area contributed by atoms with Crippen LogP contribution in [0.5, 0.6) is 0 Å². The number of nitrogens with one attached hydrogen (secondary N) is 1. The zero-order valence-corrected chi connectivity index (χ0v) is 10.6. The summed E-state index contributed by atoms with van der Waals surface area (Å²) in [5.74, 6) is 0.346. The number of likely N-dealkylation sites (N-methyl/N-ethyl adjacent to an activating group) is 1. The van der Waals surface area contributed by atoms with E-state index in [9.17, 15) is 13.2 Å². The molecule has 0 spiro atoms. The largest absolute Gasteiger partial charge is 0.433 e. The summed E-state index contributed by atoms with van der Waals surface area (Å²) in [4.78, 5) is 5.57. The monoisotopic (exact) mass is 275 g/mol. The molecule has 2 heterocycles. The minimum atomic E-state index is -4.42. The maximum Gasteiger partial charge on any atom is 0.433 e. The van der Waals surface area contributed by atoms with Gasteiger partial charge in [-0.25, -0.2) is 4.98 Å². The Labute approximate surface area is 109 Å². The molecule has 1 atom stereocenters. The zero-order valence-electron chi connectivity index (χ0n) is 10.6. The molecule has 1 aromatic heterocycles. The molecule has 0 bridgehead atoms. The molecule has 1 saturated heterocycles. The number of nitrogens with zero attached hydrogens (tertiary/aromatic N) is 2. The third kappa shape index (κ3) is 3.36. The SMILES string of the molecule is CNCC1COCCN1c1cccc(C(F)(F)F)n1. The Morgan fingerprint density at radius 2 is 2.26 bits per heavy atom. The Morgan fingerprint density at radius 3 is 2.95 bits per heavy atom. The molecule has 0 aromatic carbocycles. The van der Waals surface area contributed by atoms with Crippen LogP contribution in [0, 0.1) is 0 Å². The van der Waals surface area contributed by atoms with Crippen LogP contribution >= 0.6 is 0 Å². The van der Waals surface area contributed by atoms with Crippen molar-refractivity contribution in [2.75, 3.05) is 38.3 Å². The molecule has 1 N–H and O–H groups in total. The Kier molecular flexibility index (Phi) is 4.26. The van der Waals surface area contributed by atoms with Gasteiger partial charge in [-0.3, -0.25) is 0 Å². The third-order valence-electron chi connectivity index (χ3n) is 2.99. The molecule has 1 aromatic rings. The Bertz CT molecular complexity index is 423. The second-order valence-corrected chi connectivity index (χ2v) is 4.36. The van der Waals surface area contributed by atoms with Crippen LogP contribution in [-0.2, 0) is 10.9 Å². The number of rotatable bonds is 3. The van der Waals surface area contributed by atoms with Crippen LogP contribution in [0.25, 0.3) is 0 Å². The summed E-state index contributed by atoms with van der Waals surface area (Å²) >= 11 is 0. The summed E-state index contributed by atoms with van der Waals surface area (Å²) in [6.07, 6.45) is -4.42. The summed E-state index contributed by atoms with van der Waals surface area (Å²) in [5.41, 5.74) is -0.861. The zero-order chi connectivity index (χ0) is 13.9. The number of hydrogen-bond acceptors (Lipinski definition) is 4. The Morgan fingerprint density at radius 1 is 1.47 bits per heavy atom. The molecule has 2 rings (SSSR count). The maximum absolute atomic E-state index is 12.7. The summed E-state index contributed by atoms with van der Waals surface area (Å²) in [6, 6.07) is 3.96. The van der Waals surface area contributed by atoms with E-state index in [1.807, 2.05) is 4.90 Å². The molecule has 1 aliphatic rings. The van der Waals surface area contributed by atoms with Gasteiger partial charge in [-0.05, 0) is 19.2 Å². The Balaban J connectivity index is 2.24. The lowest BCUT2D eigenvalue weighted by atomic mass is 10.2. The van der Waals surface area contributed by atoms with Crippen molar-refractivity contribution in [2.45, 2.75) is 12.2 Å². The molecule has 0 radical (unpaired) electrons. The lowest BCUT2D eigenvalue weighted by Gasteiger charge is -2.36. The van der Waals surface area contributed by atoms with Crippen molar-refractivity contribution in [3.8, 4) is 0 Å². The van der Waals surface area contributed by atoms with Gasteiger partial charge in [0.15, 0.2) is 0 Å². The first-order valence-electron chi connectivity index (χ1n) is 6.05. The van der Waals surface area contributed by atoms with Crippen molar-refractivity contribution in [1.29, 1.82) is 0 Å². The average molecular weight is 275 g/mol. The number of alkyl halides is 3. The van der Waals surface area contributed by atoms with Gasteiger partial charge in [-0.15, -0.1) is 0 Å². The number of aromatic nitrogens is 1. The van der Waals surface area contributed by atoms with Crippen molar-refractivity contribution in [1.82, 2.24) is 10.3 Å². The highest BCUT2D eigenvalue weighted by Crippen LogP contribution is 2.29. The molecule has 1 fully saturated rings. The molecular formula is C12H16F3N3O. The van der Waals surface area contributed by atoms with Gasteiger partial charge in [0, 0.05) is 13.1 Å². The summed E-state index contributed by atoms with van der Waals surface area (Å²) in [6.45, 7) is 2.16. The maximum atomic E-state index is 12.7. The van der Waals surface area contributed by atoms with Gasteiger partial charge in [0.1, 0.15) is 11.5 Å². The van der Waals surface area contributed by atoms with Crippen LogP contribution in [0.15, 0.2) is 18.2 Å². The second-order valence-electron chi connectivity index (χ2n) is 4.36. The van der Waals surface area contributed by atoms with Crippen LogP contribution in [0.2, 0.25) is 0 Å². The minimum Gasteiger partial charge on any atom is -0.377 e. The number of ether oxygens (including phenoxy) is 1. The lowest BCUT2D eigenvalue weighted by molar-refractivity contribution is -0.141. The first kappa shape index (κ1) is 14.1. The number of morpholine rings is 1. The van der Waals surface area contributed by atoms with Gasteiger partial charge >= 0.3 is 6.18 Å². The molecule has 7 heteroatoms. The van der Waals surface area contributed by atoms with E-state index in [-0.39, 0.29) is 6.04 Å². The van der Waals surface area contributed by atoms with Gasteiger partial charge in [0.05, 0.1) is 19.3 Å². The predicted molar refractivity (Wildman–Crippen MR) is 65.1 cm³/mol. The first-order valence-corrected chi connectivity index (χ1v) is 6.05. The van der Waals surface area contributed by atoms with E-state index >= 15 is 0 Å². The number of pyridine rings is 1. The first-order chi connectivity index (χ1) is 9.02. The van der Waals surface area contributed by atoms with E-state index in [4.69, 9.17) is 4.74 Å². The third-order valence-corrected chi connectivity index (χ3v) is 2.99. The molecule has 0 amide bonds. The van der Waals surface area contributed by atoms with E-state index in [0.29, 0.717) is 32.1 Å². The van der Waals surface area contributed by atoms with Crippen LogP contribution in [-0.4, -0.2) is 44.4 Å². The topological polar surface area (TPSA) is 37.4 Å². The fourth-order valence-electron chi connectivity index (χ4n) is 2.10. The fraction of sp³-hybridized carbons (Fsp3) is 0.583. The molecule has 0 saturated carbocycles. The number of anilines is 1. The smallest absolute Gasteiger partial charge is 0.377 e. The van der Waals surface area contributed by atoms with Crippen molar-refractivity contribution in [3.05, 3.63) is 23.9 Å². The second kappa shape index (κ2) is 5.75. The van der Waals surface area contributed by atoms with Crippen molar-refractivity contribution in [2.24, 2.45) is 0 Å². The molecule has 1 aliphatic heterocycles. The molecule has 0 aliphatic carbocycles. The molecule has 1 unspecified atom stereocenters. The highest BCUT2D eigenvalue weighted by Gasteiger charge is 2.33. The van der Waals surface area contributed by atoms with Crippen molar-refractivity contribution >= 4 is 5.82 Å². The van der Waals surface area contributed by atoms with Gasteiger partial charge in [0.2, 0.25) is 0 Å². The van der Waals surface area contributed by atoms with Gasteiger partial charge in [-0.1, -0.05) is 6.07 Å². The van der Waals surface area contributed by atoms with E-state index in [1.165, 1.54) is 6.07 Å². The van der Waals surface area contributed by atoms with E-state index in [2.05, 4.69) is 10.3 Å². The predicted octanol–water partition coefficient (Wildman–Crippen LogP) is 1.52.